The summed E-state index contributed by atoms with van der Waals surface area (Å²) in [6.07, 6.45) is -0.552. The molecule has 0 amide bonds. The van der Waals surface area contributed by atoms with Crippen LogP contribution < -0.4 is 0 Å². The maximum absolute atomic E-state index is 9.54. The van der Waals surface area contributed by atoms with Crippen molar-refractivity contribution in [1.82, 2.24) is 9.97 Å². The van der Waals surface area contributed by atoms with E-state index in [4.69, 9.17) is 0 Å². The van der Waals surface area contributed by atoms with Crippen LogP contribution in [0.3, 0.4) is 0 Å². The van der Waals surface area contributed by atoms with E-state index in [1.165, 1.54) is 11.3 Å². The average molecular weight is 335 g/mol. The number of halogens is 1. The molecule has 0 saturated heterocycles. The van der Waals surface area contributed by atoms with Crippen molar-refractivity contribution >= 4 is 38.2 Å². The summed E-state index contributed by atoms with van der Waals surface area (Å²) in [4.78, 5) is 9.06. The molecule has 1 atom stereocenters. The lowest BCUT2D eigenvalue weighted by molar-refractivity contribution is 0.195. The fourth-order valence-electron chi connectivity index (χ4n) is 1.83. The van der Waals surface area contributed by atoms with E-state index in [1.54, 1.807) is 6.92 Å². The monoisotopic (exact) mass is 334 g/mol. The summed E-state index contributed by atoms with van der Waals surface area (Å²) in [6, 6.07) is 10.0. The fourth-order valence-corrected chi connectivity index (χ4v) is 3.39. The van der Waals surface area contributed by atoms with Crippen molar-refractivity contribution in [2.75, 3.05) is 0 Å². The maximum atomic E-state index is 9.54. The first-order valence-electron chi connectivity index (χ1n) is 5.84. The van der Waals surface area contributed by atoms with Crippen LogP contribution in [0.1, 0.15) is 18.7 Å². The van der Waals surface area contributed by atoms with Gasteiger partial charge in [-0.3, -0.25) is 0 Å². The molecule has 2 heterocycles. The molecule has 0 aliphatic carbocycles. The molecule has 0 spiro atoms. The van der Waals surface area contributed by atoms with Gasteiger partial charge in [-0.1, -0.05) is 18.2 Å². The number of hydrogen-bond donors (Lipinski definition) is 1. The average Bonchev–Trinajstić information content (AvgIpc) is 2.87. The molecule has 5 heteroatoms. The van der Waals surface area contributed by atoms with Crippen LogP contribution >= 0.6 is 27.3 Å². The molecule has 0 bridgehead atoms. The van der Waals surface area contributed by atoms with Crippen molar-refractivity contribution in [3.05, 3.63) is 45.9 Å². The van der Waals surface area contributed by atoms with Crippen molar-refractivity contribution in [1.29, 1.82) is 0 Å². The normalized spacial score (nSPS) is 12.8. The molecule has 3 nitrogen and oxygen atoms in total. The van der Waals surface area contributed by atoms with Gasteiger partial charge in [-0.25, -0.2) is 9.97 Å². The number of thiazole rings is 1. The number of rotatable bonds is 2. The van der Waals surface area contributed by atoms with E-state index >= 15 is 0 Å². The Kier molecular flexibility index (Phi) is 3.35. The minimum Gasteiger partial charge on any atom is -0.387 e. The number of fused-ring (bicyclic) bond motifs is 1. The van der Waals surface area contributed by atoms with Gasteiger partial charge in [0, 0.05) is 15.2 Å². The zero-order valence-corrected chi connectivity index (χ0v) is 12.6. The Morgan fingerprint density at radius 2 is 2.05 bits per heavy atom. The molecule has 0 saturated carbocycles. The van der Waals surface area contributed by atoms with Crippen molar-refractivity contribution in [2.24, 2.45) is 0 Å². The summed E-state index contributed by atoms with van der Waals surface area (Å²) in [5.74, 6) is 0. The summed E-state index contributed by atoms with van der Waals surface area (Å²) < 4.78 is 0.915. The highest BCUT2D eigenvalue weighted by atomic mass is 79.9. The number of aromatic nitrogens is 2. The van der Waals surface area contributed by atoms with E-state index in [9.17, 15) is 5.11 Å². The minimum absolute atomic E-state index is 0.552. The molecule has 96 valence electrons. The van der Waals surface area contributed by atoms with Gasteiger partial charge >= 0.3 is 0 Å². The van der Waals surface area contributed by atoms with Crippen LogP contribution in [0.15, 0.2) is 40.2 Å². The number of aliphatic hydroxyl groups excluding tert-OH is 1. The summed E-state index contributed by atoms with van der Waals surface area (Å²) in [6.45, 7) is 1.71. The quantitative estimate of drug-likeness (QED) is 0.764. The Morgan fingerprint density at radius 1 is 1.26 bits per heavy atom. The summed E-state index contributed by atoms with van der Waals surface area (Å²) >= 11 is 5.03. The Labute approximate surface area is 123 Å². The fraction of sp³-hybridized carbons (Fsp3) is 0.143. The van der Waals surface area contributed by atoms with E-state index < -0.39 is 6.10 Å². The molecule has 2 aromatic heterocycles. The highest BCUT2D eigenvalue weighted by Gasteiger charge is 2.13. The van der Waals surface area contributed by atoms with Crippen LogP contribution in [0.4, 0.5) is 0 Å². The van der Waals surface area contributed by atoms with E-state index in [1.807, 2.05) is 35.7 Å². The van der Waals surface area contributed by atoms with Gasteiger partial charge in [0.05, 0.1) is 17.3 Å². The molecule has 1 aromatic carbocycles. The van der Waals surface area contributed by atoms with Crippen molar-refractivity contribution in [3.63, 3.8) is 0 Å². The number of pyridine rings is 1. The van der Waals surface area contributed by atoms with Crippen LogP contribution in [0, 0.1) is 0 Å². The van der Waals surface area contributed by atoms with Crippen LogP contribution in [0.5, 0.6) is 0 Å². The standard InChI is InChI=1S/C14H11BrN2OS/c1-8(18)12-7-19-14(17-12)13-10(15)6-9-4-2-3-5-11(9)16-13/h2-8,18H,1H3. The second-order valence-corrected chi connectivity index (χ2v) is 5.98. The van der Waals surface area contributed by atoms with Gasteiger partial charge in [-0.05, 0) is 35.0 Å². The second-order valence-electron chi connectivity index (χ2n) is 4.26. The molecule has 0 fully saturated rings. The molecule has 0 aliphatic heterocycles. The number of para-hydroxylation sites is 1. The first kappa shape index (κ1) is 12.7. The lowest BCUT2D eigenvalue weighted by Crippen LogP contribution is -1.92. The third-order valence-corrected chi connectivity index (χ3v) is 4.30. The van der Waals surface area contributed by atoms with Gasteiger partial charge in [0.1, 0.15) is 10.7 Å². The third kappa shape index (κ3) is 2.41. The number of aliphatic hydroxyl groups is 1. The SMILES string of the molecule is CC(O)c1csc(-c2nc3ccccc3cc2Br)n1. The topological polar surface area (TPSA) is 46.0 Å². The van der Waals surface area contributed by atoms with Crippen molar-refractivity contribution in [2.45, 2.75) is 13.0 Å². The lowest BCUT2D eigenvalue weighted by Gasteiger charge is -2.03. The Hall–Kier alpha value is -1.30. The molecule has 1 N–H and O–H groups in total. The van der Waals surface area contributed by atoms with E-state index in [-0.39, 0.29) is 0 Å². The minimum atomic E-state index is -0.552. The third-order valence-electron chi connectivity index (χ3n) is 2.83. The highest BCUT2D eigenvalue weighted by Crippen LogP contribution is 2.32. The van der Waals surface area contributed by atoms with Crippen LogP contribution in [-0.2, 0) is 0 Å². The van der Waals surface area contributed by atoms with Gasteiger partial charge in [0.2, 0.25) is 0 Å². The number of hydrogen-bond acceptors (Lipinski definition) is 4. The molecule has 0 aliphatic rings. The van der Waals surface area contributed by atoms with Crippen molar-refractivity contribution in [3.8, 4) is 10.7 Å². The predicted octanol–water partition coefficient (Wildman–Crippen LogP) is 4.17. The molecular formula is C14H11BrN2OS. The molecule has 19 heavy (non-hydrogen) atoms. The van der Waals surface area contributed by atoms with E-state index in [0.717, 1.165) is 26.1 Å². The lowest BCUT2D eigenvalue weighted by atomic mass is 10.2. The Morgan fingerprint density at radius 3 is 2.79 bits per heavy atom. The van der Waals surface area contributed by atoms with Gasteiger partial charge in [-0.15, -0.1) is 11.3 Å². The van der Waals surface area contributed by atoms with E-state index in [0.29, 0.717) is 5.69 Å². The summed E-state index contributed by atoms with van der Waals surface area (Å²) in [5, 5.41) is 13.3. The molecular weight excluding hydrogens is 324 g/mol. The largest absolute Gasteiger partial charge is 0.387 e. The highest BCUT2D eigenvalue weighted by molar-refractivity contribution is 9.10. The van der Waals surface area contributed by atoms with Gasteiger partial charge in [0.25, 0.3) is 0 Å². The van der Waals surface area contributed by atoms with E-state index in [2.05, 4.69) is 25.9 Å². The first-order chi connectivity index (χ1) is 9.15. The number of nitrogens with zero attached hydrogens (tertiary/aromatic N) is 2. The Balaban J connectivity index is 2.15. The van der Waals surface area contributed by atoms with Crippen molar-refractivity contribution < 1.29 is 5.11 Å². The van der Waals surface area contributed by atoms with Gasteiger partial charge < -0.3 is 5.11 Å². The molecule has 0 radical (unpaired) electrons. The smallest absolute Gasteiger partial charge is 0.143 e. The van der Waals surface area contributed by atoms with Crippen LogP contribution in [0.25, 0.3) is 21.6 Å². The Bertz CT molecular complexity index is 739. The summed E-state index contributed by atoms with van der Waals surface area (Å²) in [5.41, 5.74) is 2.44. The predicted molar refractivity (Wildman–Crippen MR) is 81.2 cm³/mol. The second kappa shape index (κ2) is 5.00. The van der Waals surface area contributed by atoms with Gasteiger partial charge in [-0.2, -0.15) is 0 Å². The zero-order chi connectivity index (χ0) is 13.4. The van der Waals surface area contributed by atoms with Crippen LogP contribution in [-0.4, -0.2) is 15.1 Å². The van der Waals surface area contributed by atoms with Gasteiger partial charge in [0.15, 0.2) is 0 Å². The zero-order valence-electron chi connectivity index (χ0n) is 10.2. The first-order valence-corrected chi connectivity index (χ1v) is 7.51. The number of benzene rings is 1. The summed E-state index contributed by atoms with van der Waals surface area (Å²) in [7, 11) is 0. The van der Waals surface area contributed by atoms with Crippen LogP contribution in [0.2, 0.25) is 0 Å². The molecule has 3 rings (SSSR count). The molecule has 3 aromatic rings. The maximum Gasteiger partial charge on any atom is 0.143 e. The molecule has 1 unspecified atom stereocenters.